The second-order valence-corrected chi connectivity index (χ2v) is 4.46. The zero-order chi connectivity index (χ0) is 9.10. The Labute approximate surface area is 80.6 Å². The van der Waals surface area contributed by atoms with Gasteiger partial charge in [-0.05, 0) is 38.0 Å². The Bertz CT molecular complexity index is 144. The average molecular weight is 184 g/mol. The summed E-state index contributed by atoms with van der Waals surface area (Å²) >= 11 is 0. The molecule has 76 valence electrons. The van der Waals surface area contributed by atoms with Gasteiger partial charge in [0.1, 0.15) is 0 Å². The topological polar surface area (TPSA) is 18.5 Å². The summed E-state index contributed by atoms with van der Waals surface area (Å²) in [5.41, 5.74) is 0. The van der Waals surface area contributed by atoms with Gasteiger partial charge >= 0.3 is 0 Å². The van der Waals surface area contributed by atoms with Crippen LogP contribution in [0.15, 0.2) is 0 Å². The molecular weight excluding hydrogens is 164 g/mol. The number of ether oxygens (including phenoxy) is 2. The van der Waals surface area contributed by atoms with Gasteiger partial charge in [0.2, 0.25) is 0 Å². The van der Waals surface area contributed by atoms with Gasteiger partial charge in [0.25, 0.3) is 0 Å². The maximum absolute atomic E-state index is 5.88. The van der Waals surface area contributed by atoms with E-state index < -0.39 is 0 Å². The van der Waals surface area contributed by atoms with Gasteiger partial charge < -0.3 is 9.47 Å². The van der Waals surface area contributed by atoms with Crippen LogP contribution < -0.4 is 0 Å². The highest BCUT2D eigenvalue weighted by Crippen LogP contribution is 2.28. The van der Waals surface area contributed by atoms with Crippen LogP contribution in [-0.2, 0) is 9.47 Å². The van der Waals surface area contributed by atoms with Gasteiger partial charge in [0.15, 0.2) is 6.29 Å². The summed E-state index contributed by atoms with van der Waals surface area (Å²) in [5, 5.41) is 0. The summed E-state index contributed by atoms with van der Waals surface area (Å²) in [4.78, 5) is 0. The molecule has 1 saturated carbocycles. The third-order valence-electron chi connectivity index (χ3n) is 3.20. The van der Waals surface area contributed by atoms with Gasteiger partial charge in [0.05, 0.1) is 6.10 Å². The Morgan fingerprint density at radius 2 is 1.85 bits per heavy atom. The Kier molecular flexibility index (Phi) is 3.23. The van der Waals surface area contributed by atoms with Crippen LogP contribution in [0.5, 0.6) is 0 Å². The van der Waals surface area contributed by atoms with Crippen LogP contribution in [-0.4, -0.2) is 19.0 Å². The number of hydrogen-bond acceptors (Lipinski definition) is 2. The van der Waals surface area contributed by atoms with Crippen molar-refractivity contribution in [1.29, 1.82) is 0 Å². The summed E-state index contributed by atoms with van der Waals surface area (Å²) in [7, 11) is 0. The predicted octanol–water partition coefficient (Wildman–Crippen LogP) is 2.72. The van der Waals surface area contributed by atoms with E-state index in [1.807, 2.05) is 0 Å². The minimum absolute atomic E-state index is 0.124. The van der Waals surface area contributed by atoms with Crippen molar-refractivity contribution in [3.8, 4) is 0 Å². The van der Waals surface area contributed by atoms with Gasteiger partial charge in [-0.25, -0.2) is 0 Å². The van der Waals surface area contributed by atoms with Crippen LogP contribution in [0.3, 0.4) is 0 Å². The Hall–Kier alpha value is -0.0800. The van der Waals surface area contributed by atoms with Crippen molar-refractivity contribution in [2.75, 3.05) is 6.61 Å². The first-order valence-corrected chi connectivity index (χ1v) is 5.61. The van der Waals surface area contributed by atoms with Crippen molar-refractivity contribution in [1.82, 2.24) is 0 Å². The standard InChI is InChI=1S/C11H20O2/c1-9-4-6-10(7-5-9)13-11-3-2-8-12-11/h9-11H,2-8H2,1H3. The summed E-state index contributed by atoms with van der Waals surface area (Å²) in [5.74, 6) is 0.907. The smallest absolute Gasteiger partial charge is 0.158 e. The summed E-state index contributed by atoms with van der Waals surface area (Å²) < 4.78 is 11.3. The molecule has 2 rings (SSSR count). The molecular formula is C11H20O2. The lowest BCUT2D eigenvalue weighted by molar-refractivity contribution is -0.152. The second-order valence-electron chi connectivity index (χ2n) is 4.46. The van der Waals surface area contributed by atoms with Crippen molar-refractivity contribution in [3.63, 3.8) is 0 Å². The van der Waals surface area contributed by atoms with E-state index in [2.05, 4.69) is 6.92 Å². The third kappa shape index (κ3) is 2.68. The molecule has 0 amide bonds. The molecule has 13 heavy (non-hydrogen) atoms. The Morgan fingerprint density at radius 3 is 2.46 bits per heavy atom. The molecule has 0 aromatic heterocycles. The van der Waals surface area contributed by atoms with E-state index in [9.17, 15) is 0 Å². The lowest BCUT2D eigenvalue weighted by Gasteiger charge is -2.28. The quantitative estimate of drug-likeness (QED) is 0.657. The molecule has 1 unspecified atom stereocenters. The highest BCUT2D eigenvalue weighted by Gasteiger charge is 2.24. The summed E-state index contributed by atoms with van der Waals surface area (Å²) in [6.45, 7) is 3.23. The van der Waals surface area contributed by atoms with Crippen molar-refractivity contribution >= 4 is 0 Å². The lowest BCUT2D eigenvalue weighted by Crippen LogP contribution is -2.25. The molecule has 0 N–H and O–H groups in total. The van der Waals surface area contributed by atoms with E-state index in [1.54, 1.807) is 0 Å². The first kappa shape index (κ1) is 9.47. The maximum Gasteiger partial charge on any atom is 0.158 e. The molecule has 0 aromatic rings. The van der Waals surface area contributed by atoms with E-state index in [4.69, 9.17) is 9.47 Å². The van der Waals surface area contributed by atoms with Crippen LogP contribution in [0, 0.1) is 5.92 Å². The predicted molar refractivity (Wildman–Crippen MR) is 51.5 cm³/mol. The molecule has 1 atom stereocenters. The highest BCUT2D eigenvalue weighted by molar-refractivity contribution is 4.71. The zero-order valence-electron chi connectivity index (χ0n) is 8.50. The fourth-order valence-corrected chi connectivity index (χ4v) is 2.24. The zero-order valence-corrected chi connectivity index (χ0v) is 8.50. The molecule has 2 aliphatic rings. The molecule has 1 aliphatic carbocycles. The monoisotopic (exact) mass is 184 g/mol. The van der Waals surface area contributed by atoms with E-state index in [0.29, 0.717) is 6.10 Å². The van der Waals surface area contributed by atoms with Gasteiger partial charge in [-0.1, -0.05) is 6.92 Å². The average Bonchev–Trinajstić information content (AvgIpc) is 2.62. The largest absolute Gasteiger partial charge is 0.353 e. The Morgan fingerprint density at radius 1 is 1.08 bits per heavy atom. The van der Waals surface area contributed by atoms with E-state index in [1.165, 1.54) is 32.1 Å². The molecule has 2 fully saturated rings. The maximum atomic E-state index is 5.88. The first-order valence-electron chi connectivity index (χ1n) is 5.61. The highest BCUT2D eigenvalue weighted by atomic mass is 16.7. The van der Waals surface area contributed by atoms with Crippen molar-refractivity contribution < 1.29 is 9.47 Å². The van der Waals surface area contributed by atoms with E-state index >= 15 is 0 Å². The van der Waals surface area contributed by atoms with E-state index in [-0.39, 0.29) is 6.29 Å². The number of hydrogen-bond donors (Lipinski definition) is 0. The SMILES string of the molecule is CC1CCC(OC2CCCO2)CC1. The molecule has 1 heterocycles. The Balaban J connectivity index is 1.69. The summed E-state index contributed by atoms with van der Waals surface area (Å²) in [6, 6.07) is 0. The fourth-order valence-electron chi connectivity index (χ4n) is 2.24. The molecule has 2 nitrogen and oxygen atoms in total. The molecule has 0 aromatic carbocycles. The molecule has 1 saturated heterocycles. The normalized spacial score (nSPS) is 40.8. The van der Waals surface area contributed by atoms with Crippen LogP contribution in [0.4, 0.5) is 0 Å². The minimum atomic E-state index is 0.124. The fraction of sp³-hybridized carbons (Fsp3) is 1.00. The first-order chi connectivity index (χ1) is 6.34. The van der Waals surface area contributed by atoms with Gasteiger partial charge in [-0.2, -0.15) is 0 Å². The van der Waals surface area contributed by atoms with Crippen molar-refractivity contribution in [3.05, 3.63) is 0 Å². The van der Waals surface area contributed by atoms with Crippen LogP contribution >= 0.6 is 0 Å². The van der Waals surface area contributed by atoms with E-state index in [0.717, 1.165) is 18.9 Å². The molecule has 2 heteroatoms. The van der Waals surface area contributed by atoms with Gasteiger partial charge in [0, 0.05) is 13.0 Å². The van der Waals surface area contributed by atoms with Crippen LogP contribution in [0.2, 0.25) is 0 Å². The van der Waals surface area contributed by atoms with Gasteiger partial charge in [-0.15, -0.1) is 0 Å². The second kappa shape index (κ2) is 4.43. The number of rotatable bonds is 2. The summed E-state index contributed by atoms with van der Waals surface area (Å²) in [6.07, 6.45) is 8.02. The van der Waals surface area contributed by atoms with Crippen LogP contribution in [0.25, 0.3) is 0 Å². The van der Waals surface area contributed by atoms with Crippen molar-refractivity contribution in [2.24, 2.45) is 5.92 Å². The van der Waals surface area contributed by atoms with Crippen LogP contribution in [0.1, 0.15) is 45.4 Å². The molecule has 0 radical (unpaired) electrons. The van der Waals surface area contributed by atoms with Gasteiger partial charge in [-0.3, -0.25) is 0 Å². The third-order valence-corrected chi connectivity index (χ3v) is 3.20. The minimum Gasteiger partial charge on any atom is -0.353 e. The molecule has 1 aliphatic heterocycles. The molecule has 0 bridgehead atoms. The molecule has 0 spiro atoms. The van der Waals surface area contributed by atoms with Crippen molar-refractivity contribution in [2.45, 2.75) is 57.8 Å². The lowest BCUT2D eigenvalue weighted by atomic mass is 9.89.